The van der Waals surface area contributed by atoms with Crippen LogP contribution in [0.4, 0.5) is 0 Å². The lowest BCUT2D eigenvalue weighted by atomic mass is 9.92. The van der Waals surface area contributed by atoms with Gasteiger partial charge in [-0.05, 0) is 43.9 Å². The molecule has 5 nitrogen and oxygen atoms in total. The first-order valence-electron chi connectivity index (χ1n) is 9.81. The average Bonchev–Trinajstić information content (AvgIpc) is 3.38. The van der Waals surface area contributed by atoms with Gasteiger partial charge in [0, 0.05) is 51.1 Å². The fourth-order valence-corrected chi connectivity index (χ4v) is 4.41. The fourth-order valence-electron chi connectivity index (χ4n) is 4.41. The molecule has 0 radical (unpaired) electrons. The molecule has 2 amide bonds. The molecule has 0 aromatic rings. The molecule has 2 heterocycles. The summed E-state index contributed by atoms with van der Waals surface area (Å²) in [5.41, 5.74) is 0. The normalized spacial score (nSPS) is 29.5. The Balaban J connectivity index is 1.33. The number of hydrogen-bond donors (Lipinski definition) is 1. The molecule has 0 unspecified atom stereocenters. The van der Waals surface area contributed by atoms with E-state index in [0.29, 0.717) is 11.8 Å². The highest BCUT2D eigenvalue weighted by Gasteiger charge is 2.35. The Morgan fingerprint density at radius 1 is 0.958 bits per heavy atom. The monoisotopic (exact) mass is 335 g/mol. The predicted molar refractivity (Wildman–Crippen MR) is 94.4 cm³/mol. The first kappa shape index (κ1) is 17.7. The van der Waals surface area contributed by atoms with E-state index in [0.717, 1.165) is 76.8 Å². The van der Waals surface area contributed by atoms with Crippen LogP contribution in [0.2, 0.25) is 0 Å². The summed E-state index contributed by atoms with van der Waals surface area (Å²) in [4.78, 5) is 28.9. The Bertz CT molecular complexity index is 446. The number of hydrogen-bond acceptors (Lipinski definition) is 3. The standard InChI is InChI=1S/C19H33N3O2/c1-14-11-15(2)13-21(12-14)10-7-20-18(23)16-5-8-22(9-6-16)19(24)17-3-4-17/h14-17H,3-13H2,1-2H3,(H,20,23)/t14-,15-/m1/s1. The maximum atomic E-state index is 12.4. The van der Waals surface area contributed by atoms with Crippen molar-refractivity contribution in [3.8, 4) is 0 Å². The van der Waals surface area contributed by atoms with Crippen LogP contribution in [0.15, 0.2) is 0 Å². The number of nitrogens with zero attached hydrogens (tertiary/aromatic N) is 2. The Hall–Kier alpha value is -1.10. The van der Waals surface area contributed by atoms with E-state index in [9.17, 15) is 9.59 Å². The van der Waals surface area contributed by atoms with Gasteiger partial charge in [-0.25, -0.2) is 0 Å². The molecular weight excluding hydrogens is 302 g/mol. The second kappa shape index (κ2) is 7.85. The van der Waals surface area contributed by atoms with Crippen molar-refractivity contribution in [1.29, 1.82) is 0 Å². The number of rotatable bonds is 5. The summed E-state index contributed by atoms with van der Waals surface area (Å²) >= 11 is 0. The lowest BCUT2D eigenvalue weighted by molar-refractivity contribution is -0.136. The molecule has 3 fully saturated rings. The molecule has 2 saturated heterocycles. The zero-order chi connectivity index (χ0) is 17.1. The van der Waals surface area contributed by atoms with E-state index in [-0.39, 0.29) is 11.8 Å². The van der Waals surface area contributed by atoms with Crippen molar-refractivity contribution in [2.45, 2.75) is 46.0 Å². The zero-order valence-corrected chi connectivity index (χ0v) is 15.3. The topological polar surface area (TPSA) is 52.7 Å². The minimum absolute atomic E-state index is 0.0902. The molecule has 0 aromatic carbocycles. The van der Waals surface area contributed by atoms with E-state index in [1.54, 1.807) is 0 Å². The van der Waals surface area contributed by atoms with Crippen molar-refractivity contribution in [3.05, 3.63) is 0 Å². The summed E-state index contributed by atoms with van der Waals surface area (Å²) in [6.07, 6.45) is 5.09. The van der Waals surface area contributed by atoms with Crippen LogP contribution < -0.4 is 5.32 Å². The van der Waals surface area contributed by atoms with E-state index >= 15 is 0 Å². The van der Waals surface area contributed by atoms with Gasteiger partial charge in [0.2, 0.25) is 11.8 Å². The maximum Gasteiger partial charge on any atom is 0.225 e. The third kappa shape index (κ3) is 4.71. The number of carbonyl (C=O) groups excluding carboxylic acids is 2. The first-order valence-corrected chi connectivity index (χ1v) is 9.81. The van der Waals surface area contributed by atoms with Crippen molar-refractivity contribution < 1.29 is 9.59 Å². The highest BCUT2D eigenvalue weighted by Crippen LogP contribution is 2.32. The second-order valence-electron chi connectivity index (χ2n) is 8.37. The van der Waals surface area contributed by atoms with Gasteiger partial charge in [0.15, 0.2) is 0 Å². The molecule has 24 heavy (non-hydrogen) atoms. The lowest BCUT2D eigenvalue weighted by Gasteiger charge is -2.35. The number of likely N-dealkylation sites (tertiary alicyclic amines) is 2. The molecule has 0 aromatic heterocycles. The number of carbonyl (C=O) groups is 2. The summed E-state index contributed by atoms with van der Waals surface area (Å²) in [6, 6.07) is 0. The van der Waals surface area contributed by atoms with E-state index in [4.69, 9.17) is 0 Å². The predicted octanol–water partition coefficient (Wildman–Crippen LogP) is 1.73. The maximum absolute atomic E-state index is 12.4. The molecule has 5 heteroatoms. The minimum atomic E-state index is 0.0902. The third-order valence-electron chi connectivity index (χ3n) is 5.78. The fraction of sp³-hybridized carbons (Fsp3) is 0.895. The average molecular weight is 335 g/mol. The molecule has 1 aliphatic carbocycles. The van der Waals surface area contributed by atoms with Crippen molar-refractivity contribution >= 4 is 11.8 Å². The van der Waals surface area contributed by atoms with Gasteiger partial charge < -0.3 is 15.1 Å². The largest absolute Gasteiger partial charge is 0.355 e. The Morgan fingerprint density at radius 3 is 2.17 bits per heavy atom. The first-order chi connectivity index (χ1) is 11.5. The van der Waals surface area contributed by atoms with Crippen LogP contribution in [0.1, 0.15) is 46.0 Å². The Kier molecular flexibility index (Phi) is 5.80. The molecule has 3 aliphatic rings. The van der Waals surface area contributed by atoms with Crippen LogP contribution in [0, 0.1) is 23.7 Å². The van der Waals surface area contributed by atoms with Crippen LogP contribution in [0.5, 0.6) is 0 Å². The van der Waals surface area contributed by atoms with E-state index in [1.165, 1.54) is 6.42 Å². The molecule has 136 valence electrons. The molecule has 0 bridgehead atoms. The van der Waals surface area contributed by atoms with Gasteiger partial charge in [-0.15, -0.1) is 0 Å². The minimum Gasteiger partial charge on any atom is -0.355 e. The Labute approximate surface area is 146 Å². The molecule has 1 N–H and O–H groups in total. The molecule has 2 aliphatic heterocycles. The lowest BCUT2D eigenvalue weighted by Crippen LogP contribution is -2.46. The van der Waals surface area contributed by atoms with Gasteiger partial charge in [-0.3, -0.25) is 9.59 Å². The van der Waals surface area contributed by atoms with Crippen LogP contribution in [0.3, 0.4) is 0 Å². The molecular formula is C19H33N3O2. The van der Waals surface area contributed by atoms with Gasteiger partial charge in [-0.2, -0.15) is 0 Å². The van der Waals surface area contributed by atoms with Gasteiger partial charge in [0.05, 0.1) is 0 Å². The van der Waals surface area contributed by atoms with Gasteiger partial charge in [0.25, 0.3) is 0 Å². The second-order valence-corrected chi connectivity index (χ2v) is 8.37. The number of piperidine rings is 2. The van der Waals surface area contributed by atoms with Crippen LogP contribution in [-0.2, 0) is 9.59 Å². The van der Waals surface area contributed by atoms with Gasteiger partial charge in [0.1, 0.15) is 0 Å². The SMILES string of the molecule is C[C@@H]1C[C@@H](C)CN(CCNC(=O)C2CCN(C(=O)C3CC3)CC2)C1. The highest BCUT2D eigenvalue weighted by molar-refractivity contribution is 5.82. The number of nitrogens with one attached hydrogen (secondary N) is 1. The van der Waals surface area contributed by atoms with Crippen molar-refractivity contribution in [2.75, 3.05) is 39.3 Å². The molecule has 1 saturated carbocycles. The molecule has 0 spiro atoms. The quantitative estimate of drug-likeness (QED) is 0.832. The zero-order valence-electron chi connectivity index (χ0n) is 15.3. The van der Waals surface area contributed by atoms with Gasteiger partial charge >= 0.3 is 0 Å². The van der Waals surface area contributed by atoms with Crippen LogP contribution in [0.25, 0.3) is 0 Å². The van der Waals surface area contributed by atoms with Crippen LogP contribution in [-0.4, -0.2) is 60.9 Å². The summed E-state index contributed by atoms with van der Waals surface area (Å²) in [7, 11) is 0. The summed E-state index contributed by atoms with van der Waals surface area (Å²) in [5, 5.41) is 3.12. The van der Waals surface area contributed by atoms with Crippen molar-refractivity contribution in [2.24, 2.45) is 23.7 Å². The third-order valence-corrected chi connectivity index (χ3v) is 5.78. The van der Waals surface area contributed by atoms with E-state index < -0.39 is 0 Å². The van der Waals surface area contributed by atoms with Crippen molar-refractivity contribution in [1.82, 2.24) is 15.1 Å². The van der Waals surface area contributed by atoms with E-state index in [2.05, 4.69) is 24.1 Å². The van der Waals surface area contributed by atoms with Crippen LogP contribution >= 0.6 is 0 Å². The van der Waals surface area contributed by atoms with E-state index in [1.807, 2.05) is 4.90 Å². The summed E-state index contributed by atoms with van der Waals surface area (Å²) in [5.74, 6) is 2.42. The molecule has 3 rings (SSSR count). The van der Waals surface area contributed by atoms with Gasteiger partial charge in [-0.1, -0.05) is 13.8 Å². The Morgan fingerprint density at radius 2 is 1.58 bits per heavy atom. The smallest absolute Gasteiger partial charge is 0.225 e. The summed E-state index contributed by atoms with van der Waals surface area (Å²) < 4.78 is 0. The summed E-state index contributed by atoms with van der Waals surface area (Å²) in [6.45, 7) is 10.2. The van der Waals surface area contributed by atoms with Crippen molar-refractivity contribution in [3.63, 3.8) is 0 Å². The number of amides is 2. The molecule has 2 atom stereocenters. The highest BCUT2D eigenvalue weighted by atomic mass is 16.2.